The van der Waals surface area contributed by atoms with E-state index in [0.29, 0.717) is 18.1 Å². The average molecular weight is 297 g/mol. The summed E-state index contributed by atoms with van der Waals surface area (Å²) in [7, 11) is 0. The van der Waals surface area contributed by atoms with E-state index in [4.69, 9.17) is 0 Å². The first-order valence-electron chi connectivity index (χ1n) is 6.43. The molecule has 0 bridgehead atoms. The second kappa shape index (κ2) is 6.13. The Morgan fingerprint density at radius 1 is 1.29 bits per heavy atom. The summed E-state index contributed by atoms with van der Waals surface area (Å²) in [6, 6.07) is 6.38. The molecule has 0 saturated carbocycles. The Balaban J connectivity index is 2.29. The molecule has 114 valence electrons. The minimum absolute atomic E-state index is 0.0248. The molecule has 8 heteroatoms. The quantitative estimate of drug-likeness (QED) is 0.916. The van der Waals surface area contributed by atoms with Crippen molar-refractivity contribution < 1.29 is 13.5 Å². The zero-order chi connectivity index (χ0) is 15.5. The lowest BCUT2D eigenvalue weighted by Gasteiger charge is -2.20. The third-order valence-corrected chi connectivity index (χ3v) is 2.62. The number of nitrogens with zero attached hydrogens (tertiary/aromatic N) is 4. The fraction of sp³-hybridized carbons (Fsp3) is 0.462. The molecule has 0 aliphatic heterocycles. The second-order valence-corrected chi connectivity index (χ2v) is 5.46. The van der Waals surface area contributed by atoms with Crippen LogP contribution in [0.15, 0.2) is 24.3 Å². The van der Waals surface area contributed by atoms with Crippen LogP contribution in [0.4, 0.5) is 8.78 Å². The molecule has 0 amide bonds. The third-order valence-electron chi connectivity index (χ3n) is 2.62. The molecular weight excluding hydrogens is 280 g/mol. The molecule has 1 aromatic heterocycles. The lowest BCUT2D eigenvalue weighted by molar-refractivity contribution is -0.0499. The van der Waals surface area contributed by atoms with E-state index < -0.39 is 6.61 Å². The van der Waals surface area contributed by atoms with Crippen molar-refractivity contribution in [3.05, 3.63) is 30.1 Å². The van der Waals surface area contributed by atoms with Crippen molar-refractivity contribution in [2.45, 2.75) is 39.5 Å². The lowest BCUT2D eigenvalue weighted by Crippen LogP contribution is -2.36. The van der Waals surface area contributed by atoms with Crippen LogP contribution in [0.25, 0.3) is 5.69 Å². The molecule has 0 unspecified atom stereocenters. The van der Waals surface area contributed by atoms with Gasteiger partial charge in [-0.3, -0.25) is 0 Å². The average Bonchev–Trinajstić information content (AvgIpc) is 2.83. The zero-order valence-electron chi connectivity index (χ0n) is 12.0. The maximum atomic E-state index is 12.5. The van der Waals surface area contributed by atoms with Gasteiger partial charge in [-0.05, 0) is 43.3 Å². The topological polar surface area (TPSA) is 64.9 Å². The standard InChI is InChI=1S/C13H17F2N5O/c1-13(2,3)16-8-11-17-18-19-20(11)9-6-4-5-7-10(9)21-12(14)15/h4-7,12,16H,8H2,1-3H3. The summed E-state index contributed by atoms with van der Waals surface area (Å²) in [5, 5.41) is 14.6. The predicted molar refractivity (Wildman–Crippen MR) is 72.4 cm³/mol. The molecule has 2 rings (SSSR count). The Bertz CT molecular complexity index is 594. The maximum Gasteiger partial charge on any atom is 0.387 e. The highest BCUT2D eigenvalue weighted by atomic mass is 19.3. The largest absolute Gasteiger partial charge is 0.433 e. The Labute approximate surface area is 121 Å². The summed E-state index contributed by atoms with van der Waals surface area (Å²) in [4.78, 5) is 0. The van der Waals surface area contributed by atoms with Gasteiger partial charge in [0.25, 0.3) is 0 Å². The van der Waals surface area contributed by atoms with Crippen molar-refractivity contribution in [1.82, 2.24) is 25.5 Å². The number of alkyl halides is 2. The van der Waals surface area contributed by atoms with E-state index in [2.05, 4.69) is 25.6 Å². The van der Waals surface area contributed by atoms with Gasteiger partial charge in [0.15, 0.2) is 11.6 Å². The number of hydrogen-bond donors (Lipinski definition) is 1. The Hall–Kier alpha value is -2.09. The molecule has 1 heterocycles. The van der Waals surface area contributed by atoms with Crippen molar-refractivity contribution in [3.63, 3.8) is 0 Å². The summed E-state index contributed by atoms with van der Waals surface area (Å²) < 4.78 is 30.8. The molecule has 6 nitrogen and oxygen atoms in total. The molecule has 0 radical (unpaired) electrons. The first-order chi connectivity index (χ1) is 9.87. The van der Waals surface area contributed by atoms with Gasteiger partial charge >= 0.3 is 6.61 Å². The number of nitrogens with one attached hydrogen (secondary N) is 1. The van der Waals surface area contributed by atoms with Crippen LogP contribution in [0, 0.1) is 0 Å². The molecule has 0 atom stereocenters. The van der Waals surface area contributed by atoms with Crippen molar-refractivity contribution >= 4 is 0 Å². The van der Waals surface area contributed by atoms with E-state index in [1.807, 2.05) is 20.8 Å². The number of benzene rings is 1. The first-order valence-corrected chi connectivity index (χ1v) is 6.43. The summed E-state index contributed by atoms with van der Waals surface area (Å²) in [6.45, 7) is 3.53. The predicted octanol–water partition coefficient (Wildman–Crippen LogP) is 2.15. The van der Waals surface area contributed by atoms with Crippen molar-refractivity contribution in [3.8, 4) is 11.4 Å². The number of tetrazole rings is 1. The maximum absolute atomic E-state index is 12.5. The monoisotopic (exact) mass is 297 g/mol. The number of para-hydroxylation sites is 2. The minimum Gasteiger partial charge on any atom is -0.433 e. The molecular formula is C13H17F2N5O. The number of ether oxygens (including phenoxy) is 1. The summed E-state index contributed by atoms with van der Waals surface area (Å²) >= 11 is 0. The summed E-state index contributed by atoms with van der Waals surface area (Å²) in [5.74, 6) is 0.534. The molecule has 0 spiro atoms. The van der Waals surface area contributed by atoms with Crippen LogP contribution in [0.1, 0.15) is 26.6 Å². The van der Waals surface area contributed by atoms with Gasteiger partial charge in [0.05, 0.1) is 6.54 Å². The van der Waals surface area contributed by atoms with E-state index in [1.54, 1.807) is 18.2 Å². The molecule has 0 saturated heterocycles. The molecule has 2 aromatic rings. The van der Waals surface area contributed by atoms with E-state index in [-0.39, 0.29) is 11.3 Å². The van der Waals surface area contributed by atoms with Crippen LogP contribution < -0.4 is 10.1 Å². The number of rotatable bonds is 5. The Kier molecular flexibility index (Phi) is 4.46. The summed E-state index contributed by atoms with van der Waals surface area (Å²) in [6.07, 6.45) is 0. The molecule has 21 heavy (non-hydrogen) atoms. The number of hydrogen-bond acceptors (Lipinski definition) is 5. The fourth-order valence-corrected chi connectivity index (χ4v) is 1.68. The van der Waals surface area contributed by atoms with Crippen LogP contribution in [0.2, 0.25) is 0 Å². The number of aromatic nitrogens is 4. The third kappa shape index (κ3) is 4.19. The number of halogens is 2. The highest BCUT2D eigenvalue weighted by Crippen LogP contribution is 2.24. The van der Waals surface area contributed by atoms with Crippen LogP contribution in [0.5, 0.6) is 5.75 Å². The van der Waals surface area contributed by atoms with Crippen molar-refractivity contribution in [2.75, 3.05) is 0 Å². The van der Waals surface area contributed by atoms with Gasteiger partial charge in [0, 0.05) is 5.54 Å². The SMILES string of the molecule is CC(C)(C)NCc1nnnn1-c1ccccc1OC(F)F. The van der Waals surface area contributed by atoms with Gasteiger partial charge in [0.2, 0.25) is 0 Å². The van der Waals surface area contributed by atoms with Gasteiger partial charge in [-0.2, -0.15) is 13.5 Å². The van der Waals surface area contributed by atoms with Crippen molar-refractivity contribution in [2.24, 2.45) is 0 Å². The van der Waals surface area contributed by atoms with Gasteiger partial charge < -0.3 is 10.1 Å². The van der Waals surface area contributed by atoms with E-state index >= 15 is 0 Å². The smallest absolute Gasteiger partial charge is 0.387 e. The van der Waals surface area contributed by atoms with E-state index in [9.17, 15) is 8.78 Å². The zero-order valence-corrected chi connectivity index (χ0v) is 12.0. The van der Waals surface area contributed by atoms with Crippen molar-refractivity contribution in [1.29, 1.82) is 0 Å². The van der Waals surface area contributed by atoms with Crippen LogP contribution in [-0.2, 0) is 6.54 Å². The lowest BCUT2D eigenvalue weighted by atomic mass is 10.1. The molecule has 1 N–H and O–H groups in total. The van der Waals surface area contributed by atoms with Crippen LogP contribution in [0.3, 0.4) is 0 Å². The Morgan fingerprint density at radius 3 is 2.67 bits per heavy atom. The van der Waals surface area contributed by atoms with Gasteiger partial charge in [-0.1, -0.05) is 12.1 Å². The van der Waals surface area contributed by atoms with Gasteiger partial charge in [0.1, 0.15) is 5.69 Å². The highest BCUT2D eigenvalue weighted by molar-refractivity contribution is 5.46. The molecule has 0 aliphatic carbocycles. The van der Waals surface area contributed by atoms with Crippen LogP contribution in [-0.4, -0.2) is 32.4 Å². The highest BCUT2D eigenvalue weighted by Gasteiger charge is 2.17. The van der Waals surface area contributed by atoms with E-state index in [0.717, 1.165) is 0 Å². The van der Waals surface area contributed by atoms with E-state index in [1.165, 1.54) is 10.7 Å². The van der Waals surface area contributed by atoms with Gasteiger partial charge in [-0.25, -0.2) is 0 Å². The normalized spacial score (nSPS) is 11.9. The second-order valence-electron chi connectivity index (χ2n) is 5.46. The fourth-order valence-electron chi connectivity index (χ4n) is 1.68. The molecule has 0 aliphatic rings. The first kappa shape index (κ1) is 15.3. The summed E-state index contributed by atoms with van der Waals surface area (Å²) in [5.41, 5.74) is 0.254. The van der Waals surface area contributed by atoms with Gasteiger partial charge in [-0.15, -0.1) is 5.10 Å². The molecule has 1 aromatic carbocycles. The van der Waals surface area contributed by atoms with Crippen LogP contribution >= 0.6 is 0 Å². The minimum atomic E-state index is -2.90. The Morgan fingerprint density at radius 2 is 2.00 bits per heavy atom. The molecule has 0 fully saturated rings.